The monoisotopic (exact) mass is 213 g/mol. The summed E-state index contributed by atoms with van der Waals surface area (Å²) in [6, 6.07) is 4.69. The van der Waals surface area contributed by atoms with E-state index in [-0.39, 0.29) is 5.69 Å². The molecule has 1 aromatic carbocycles. The van der Waals surface area contributed by atoms with Crippen LogP contribution in [0.3, 0.4) is 0 Å². The van der Waals surface area contributed by atoms with Gasteiger partial charge >= 0.3 is 0 Å². The highest BCUT2D eigenvalue weighted by atomic mass is 79.9. The van der Waals surface area contributed by atoms with Crippen LogP contribution in [0.2, 0.25) is 0 Å². The molecule has 0 fully saturated rings. The van der Waals surface area contributed by atoms with E-state index >= 15 is 0 Å². The van der Waals surface area contributed by atoms with E-state index in [9.17, 15) is 9.70 Å². The summed E-state index contributed by atoms with van der Waals surface area (Å²) in [7, 11) is 0. The third-order valence-electron chi connectivity index (χ3n) is 1.21. The summed E-state index contributed by atoms with van der Waals surface area (Å²) in [6.07, 6.45) is 0.599. The lowest BCUT2D eigenvalue weighted by molar-refractivity contribution is 0.112. The van der Waals surface area contributed by atoms with Gasteiger partial charge in [0.1, 0.15) is 5.69 Å². The Balaban J connectivity index is 3.26. The molecule has 0 N–H and O–H groups in total. The predicted octanol–water partition coefficient (Wildman–Crippen LogP) is 2.66. The molecule has 0 aliphatic carbocycles. The van der Waals surface area contributed by atoms with Gasteiger partial charge in [-0.05, 0) is 23.4 Å². The first-order valence-electron chi connectivity index (χ1n) is 2.86. The van der Waals surface area contributed by atoms with Crippen LogP contribution < -0.4 is 0 Å². The van der Waals surface area contributed by atoms with Crippen LogP contribution in [0.4, 0.5) is 5.69 Å². The number of hydrogen-bond donors (Lipinski definition) is 0. The fraction of sp³-hybridized carbons (Fsp3) is 0. The summed E-state index contributed by atoms with van der Waals surface area (Å²) in [6.45, 7) is 0. The number of carbonyl (C=O) groups is 1. The first-order chi connectivity index (χ1) is 5.27. The van der Waals surface area contributed by atoms with E-state index in [2.05, 4.69) is 21.1 Å². The molecule has 1 rings (SSSR count). The molecule has 56 valence electrons. The molecular formula is C7H4BrNO2. The van der Waals surface area contributed by atoms with Crippen molar-refractivity contribution in [2.45, 2.75) is 0 Å². The zero-order chi connectivity index (χ0) is 8.27. The summed E-state index contributed by atoms with van der Waals surface area (Å²) < 4.78 is 0.756. The molecule has 3 nitrogen and oxygen atoms in total. The van der Waals surface area contributed by atoms with Gasteiger partial charge < -0.3 is 0 Å². The maximum atomic E-state index is 10.3. The Morgan fingerprint density at radius 1 is 1.45 bits per heavy atom. The van der Waals surface area contributed by atoms with Crippen molar-refractivity contribution in [3.8, 4) is 0 Å². The van der Waals surface area contributed by atoms with Crippen molar-refractivity contribution in [1.82, 2.24) is 0 Å². The minimum Gasteiger partial charge on any atom is -0.298 e. The van der Waals surface area contributed by atoms with Gasteiger partial charge in [0.15, 0.2) is 6.29 Å². The maximum absolute atomic E-state index is 10.3. The van der Waals surface area contributed by atoms with Crippen molar-refractivity contribution < 1.29 is 4.79 Å². The third-order valence-corrected chi connectivity index (χ3v) is 1.71. The average Bonchev–Trinajstić information content (AvgIpc) is 2.04. The number of nitroso groups, excluding NO2 is 1. The molecule has 0 atom stereocenters. The van der Waals surface area contributed by atoms with Gasteiger partial charge in [-0.15, -0.1) is 4.91 Å². The fourth-order valence-electron chi connectivity index (χ4n) is 0.703. The standard InChI is InChI=1S/C7H4BrNO2/c8-6-1-2-7(9-11)5(3-6)4-10/h1-4H. The van der Waals surface area contributed by atoms with Crippen molar-refractivity contribution in [2.75, 3.05) is 0 Å². The van der Waals surface area contributed by atoms with Crippen molar-refractivity contribution >= 4 is 27.9 Å². The molecule has 0 aliphatic rings. The van der Waals surface area contributed by atoms with E-state index in [4.69, 9.17) is 0 Å². The van der Waals surface area contributed by atoms with Crippen molar-refractivity contribution in [2.24, 2.45) is 5.18 Å². The molecule has 0 aliphatic heterocycles. The smallest absolute Gasteiger partial charge is 0.152 e. The molecule has 0 saturated heterocycles. The maximum Gasteiger partial charge on any atom is 0.152 e. The summed E-state index contributed by atoms with van der Waals surface area (Å²) in [5.41, 5.74) is 0.470. The molecule has 11 heavy (non-hydrogen) atoms. The molecule has 0 unspecified atom stereocenters. The molecule has 0 spiro atoms. The molecule has 0 aromatic heterocycles. The molecule has 4 heteroatoms. The van der Waals surface area contributed by atoms with Crippen LogP contribution in [0.1, 0.15) is 10.4 Å². The molecule has 0 heterocycles. The topological polar surface area (TPSA) is 46.5 Å². The molecule has 0 saturated carbocycles. The number of rotatable bonds is 2. The Morgan fingerprint density at radius 2 is 2.18 bits per heavy atom. The Bertz CT molecular complexity index is 298. The number of benzene rings is 1. The highest BCUT2D eigenvalue weighted by Crippen LogP contribution is 2.21. The number of nitrogens with zero attached hydrogens (tertiary/aromatic N) is 1. The summed E-state index contributed by atoms with van der Waals surface area (Å²) in [5, 5.41) is 2.68. The van der Waals surface area contributed by atoms with Gasteiger partial charge in [-0.25, -0.2) is 0 Å². The van der Waals surface area contributed by atoms with Gasteiger partial charge in [-0.1, -0.05) is 15.9 Å². The summed E-state index contributed by atoms with van der Waals surface area (Å²) in [4.78, 5) is 20.4. The molecule has 1 aromatic rings. The SMILES string of the molecule is O=Cc1cc(Br)ccc1N=O. The Hall–Kier alpha value is -1.03. The van der Waals surface area contributed by atoms with Crippen molar-refractivity contribution in [3.63, 3.8) is 0 Å². The van der Waals surface area contributed by atoms with Crippen LogP contribution >= 0.6 is 15.9 Å². The zero-order valence-electron chi connectivity index (χ0n) is 5.45. The number of halogens is 1. The largest absolute Gasteiger partial charge is 0.298 e. The Morgan fingerprint density at radius 3 is 2.73 bits per heavy atom. The number of hydrogen-bond acceptors (Lipinski definition) is 3. The molecule has 0 bridgehead atoms. The van der Waals surface area contributed by atoms with Crippen LogP contribution in [0.25, 0.3) is 0 Å². The summed E-state index contributed by atoms with van der Waals surface area (Å²) in [5.74, 6) is 0. The van der Waals surface area contributed by atoms with E-state index in [1.807, 2.05) is 0 Å². The van der Waals surface area contributed by atoms with Crippen LogP contribution in [0.15, 0.2) is 27.8 Å². The quantitative estimate of drug-likeness (QED) is 0.561. The second-order valence-electron chi connectivity index (χ2n) is 1.91. The van der Waals surface area contributed by atoms with Gasteiger partial charge in [-0.3, -0.25) is 4.79 Å². The van der Waals surface area contributed by atoms with E-state index in [1.165, 1.54) is 6.07 Å². The van der Waals surface area contributed by atoms with Gasteiger partial charge in [0, 0.05) is 10.0 Å². The number of aldehydes is 1. The zero-order valence-corrected chi connectivity index (χ0v) is 7.04. The fourth-order valence-corrected chi connectivity index (χ4v) is 1.08. The molecule has 0 amide bonds. The van der Waals surface area contributed by atoms with Gasteiger partial charge in [0.05, 0.1) is 0 Å². The predicted molar refractivity (Wildman–Crippen MR) is 45.0 cm³/mol. The number of carbonyl (C=O) groups excluding carboxylic acids is 1. The van der Waals surface area contributed by atoms with E-state index in [1.54, 1.807) is 12.1 Å². The van der Waals surface area contributed by atoms with E-state index in [0.717, 1.165) is 4.47 Å². The van der Waals surface area contributed by atoms with Crippen molar-refractivity contribution in [3.05, 3.63) is 33.1 Å². The normalized spacial score (nSPS) is 9.18. The lowest BCUT2D eigenvalue weighted by atomic mass is 10.2. The highest BCUT2D eigenvalue weighted by molar-refractivity contribution is 9.10. The first kappa shape index (κ1) is 8.07. The lowest BCUT2D eigenvalue weighted by Gasteiger charge is -1.94. The summed E-state index contributed by atoms with van der Waals surface area (Å²) >= 11 is 3.16. The second kappa shape index (κ2) is 3.39. The third kappa shape index (κ3) is 1.71. The lowest BCUT2D eigenvalue weighted by Crippen LogP contribution is -1.79. The van der Waals surface area contributed by atoms with Crippen LogP contribution in [0.5, 0.6) is 0 Å². The second-order valence-corrected chi connectivity index (χ2v) is 2.83. The van der Waals surface area contributed by atoms with Crippen LogP contribution in [-0.4, -0.2) is 6.29 Å². The van der Waals surface area contributed by atoms with Crippen molar-refractivity contribution in [1.29, 1.82) is 0 Å². The first-order valence-corrected chi connectivity index (χ1v) is 3.65. The van der Waals surface area contributed by atoms with E-state index in [0.29, 0.717) is 11.8 Å². The Kier molecular flexibility index (Phi) is 2.48. The van der Waals surface area contributed by atoms with Crippen LogP contribution in [-0.2, 0) is 0 Å². The minimum absolute atomic E-state index is 0.170. The van der Waals surface area contributed by atoms with Crippen LogP contribution in [0, 0.1) is 4.91 Å². The molecule has 0 radical (unpaired) electrons. The highest BCUT2D eigenvalue weighted by Gasteiger charge is 2.00. The molecular weight excluding hydrogens is 210 g/mol. The average molecular weight is 214 g/mol. The van der Waals surface area contributed by atoms with Gasteiger partial charge in [0.25, 0.3) is 0 Å². The van der Waals surface area contributed by atoms with Gasteiger partial charge in [-0.2, -0.15) is 0 Å². The minimum atomic E-state index is 0.170. The van der Waals surface area contributed by atoms with E-state index < -0.39 is 0 Å². The van der Waals surface area contributed by atoms with Gasteiger partial charge in [0.2, 0.25) is 0 Å². The Labute approximate surface area is 71.5 Å².